The topological polar surface area (TPSA) is 105 Å². The highest BCUT2D eigenvalue weighted by atomic mass is 19.1. The number of pyridine rings is 1. The van der Waals surface area contributed by atoms with Gasteiger partial charge in [-0.3, -0.25) is 9.78 Å². The van der Waals surface area contributed by atoms with Crippen molar-refractivity contribution in [1.29, 1.82) is 0 Å². The third-order valence-electron chi connectivity index (χ3n) is 5.16. The van der Waals surface area contributed by atoms with Gasteiger partial charge >= 0.3 is 0 Å². The van der Waals surface area contributed by atoms with Gasteiger partial charge in [0.2, 0.25) is 5.95 Å². The lowest BCUT2D eigenvalue weighted by Gasteiger charge is -2.27. The summed E-state index contributed by atoms with van der Waals surface area (Å²) < 4.78 is 19.4. The first-order valence-corrected chi connectivity index (χ1v) is 10.5. The second-order valence-electron chi connectivity index (χ2n) is 7.52. The van der Waals surface area contributed by atoms with Crippen LogP contribution in [0, 0.1) is 19.7 Å². The Hall–Kier alpha value is -3.92. The third kappa shape index (κ3) is 5.47. The van der Waals surface area contributed by atoms with Crippen LogP contribution in [0.5, 0.6) is 0 Å². The number of nitrogens with one attached hydrogen (secondary N) is 2. The smallest absolute Gasteiger partial charge is 0.255 e. The minimum Gasteiger partial charge on any atom is -0.378 e. The van der Waals surface area contributed by atoms with Crippen molar-refractivity contribution in [2.24, 2.45) is 5.10 Å². The summed E-state index contributed by atoms with van der Waals surface area (Å²) in [5.41, 5.74) is 6.36. The fraction of sp³-hybridized carbons (Fsp3) is 0.261. The van der Waals surface area contributed by atoms with E-state index >= 15 is 0 Å². The molecule has 0 aliphatic carbocycles. The van der Waals surface area contributed by atoms with Gasteiger partial charge in [0.05, 0.1) is 31.3 Å². The zero-order valence-electron chi connectivity index (χ0n) is 18.4. The molecule has 3 aromatic rings. The molecule has 0 saturated carbocycles. The number of hydrogen-bond acceptors (Lipinski definition) is 8. The Kier molecular flexibility index (Phi) is 6.84. The minimum atomic E-state index is -0.504. The lowest BCUT2D eigenvalue weighted by molar-refractivity contribution is 0.102. The highest BCUT2D eigenvalue weighted by Gasteiger charge is 2.17. The quantitative estimate of drug-likeness (QED) is 0.440. The number of hydrazone groups is 1. The summed E-state index contributed by atoms with van der Waals surface area (Å²) in [4.78, 5) is 26.9. The zero-order chi connectivity index (χ0) is 23.2. The molecule has 10 heteroatoms. The van der Waals surface area contributed by atoms with Gasteiger partial charge in [-0.1, -0.05) is 18.2 Å². The van der Waals surface area contributed by atoms with Crippen molar-refractivity contribution in [3.05, 3.63) is 70.9 Å². The average molecular weight is 449 g/mol. The second kappa shape index (κ2) is 10.1. The molecule has 170 valence electrons. The van der Waals surface area contributed by atoms with Gasteiger partial charge in [0.15, 0.2) is 11.6 Å². The van der Waals surface area contributed by atoms with Gasteiger partial charge in [-0.25, -0.2) is 14.8 Å². The predicted octanol–water partition coefficient (Wildman–Crippen LogP) is 3.16. The largest absolute Gasteiger partial charge is 0.378 e. The first-order chi connectivity index (χ1) is 16.0. The van der Waals surface area contributed by atoms with Gasteiger partial charge in [0, 0.05) is 30.5 Å². The number of para-hydroxylation sites is 1. The van der Waals surface area contributed by atoms with E-state index in [0.717, 1.165) is 23.0 Å². The number of nitrogens with zero attached hydrogens (tertiary/aromatic N) is 5. The van der Waals surface area contributed by atoms with Crippen molar-refractivity contribution in [3.8, 4) is 0 Å². The molecule has 0 radical (unpaired) electrons. The Morgan fingerprint density at radius 3 is 2.70 bits per heavy atom. The van der Waals surface area contributed by atoms with E-state index < -0.39 is 5.82 Å². The van der Waals surface area contributed by atoms with E-state index in [2.05, 4.69) is 30.8 Å². The van der Waals surface area contributed by atoms with Crippen LogP contribution < -0.4 is 15.6 Å². The van der Waals surface area contributed by atoms with E-state index in [4.69, 9.17) is 4.74 Å². The minimum absolute atomic E-state index is 0.151. The summed E-state index contributed by atoms with van der Waals surface area (Å²) >= 11 is 0. The zero-order valence-corrected chi connectivity index (χ0v) is 18.4. The Balaban J connectivity index is 1.43. The molecule has 3 heterocycles. The number of aryl methyl sites for hydroxylation is 2. The highest BCUT2D eigenvalue weighted by Crippen LogP contribution is 2.21. The molecular weight excluding hydrogens is 425 g/mol. The normalized spacial score (nSPS) is 13.8. The van der Waals surface area contributed by atoms with Gasteiger partial charge < -0.3 is 15.0 Å². The molecule has 4 rings (SSSR count). The fourth-order valence-corrected chi connectivity index (χ4v) is 3.42. The molecule has 1 amide bonds. The van der Waals surface area contributed by atoms with Gasteiger partial charge in [0.25, 0.3) is 5.91 Å². The first kappa shape index (κ1) is 22.3. The molecule has 1 aromatic carbocycles. The molecule has 0 spiro atoms. The summed E-state index contributed by atoms with van der Waals surface area (Å²) in [5.74, 6) is -0.391. The SMILES string of the molecule is Cc1cccc(C)c1NC(=O)c1ccnc(/C=N/Nc2ncc(F)c(N3CCOCC3)n2)c1. The average Bonchev–Trinajstić information content (AvgIpc) is 2.83. The second-order valence-corrected chi connectivity index (χ2v) is 7.52. The summed E-state index contributed by atoms with van der Waals surface area (Å²) in [7, 11) is 0. The van der Waals surface area contributed by atoms with E-state index in [1.807, 2.05) is 32.0 Å². The van der Waals surface area contributed by atoms with Crippen molar-refractivity contribution in [3.63, 3.8) is 0 Å². The molecule has 1 aliphatic rings. The first-order valence-electron chi connectivity index (χ1n) is 10.5. The predicted molar refractivity (Wildman–Crippen MR) is 124 cm³/mol. The Morgan fingerprint density at radius 1 is 1.18 bits per heavy atom. The van der Waals surface area contributed by atoms with Crippen molar-refractivity contribution < 1.29 is 13.9 Å². The lowest BCUT2D eigenvalue weighted by Crippen LogP contribution is -2.37. The maximum Gasteiger partial charge on any atom is 0.255 e. The van der Waals surface area contributed by atoms with Crippen LogP contribution in [0.4, 0.5) is 21.8 Å². The van der Waals surface area contributed by atoms with Crippen molar-refractivity contribution in [2.75, 3.05) is 41.9 Å². The van der Waals surface area contributed by atoms with Gasteiger partial charge in [-0.05, 0) is 37.1 Å². The van der Waals surface area contributed by atoms with E-state index in [1.54, 1.807) is 17.0 Å². The molecular formula is C23H24FN7O2. The molecule has 1 saturated heterocycles. The van der Waals surface area contributed by atoms with Crippen LogP contribution in [0.1, 0.15) is 27.2 Å². The van der Waals surface area contributed by atoms with Crippen LogP contribution >= 0.6 is 0 Å². The van der Waals surface area contributed by atoms with Crippen LogP contribution in [0.2, 0.25) is 0 Å². The number of aromatic nitrogens is 3. The standard InChI is InChI=1S/C23H24FN7O2/c1-15-4-3-5-16(2)20(15)28-22(32)17-6-7-25-18(12-17)13-27-30-23-26-14-19(24)21(29-23)31-8-10-33-11-9-31/h3-7,12-14H,8-11H2,1-2H3,(H,28,32)(H,26,29,30)/b27-13+. The number of benzene rings is 1. The Bertz CT molecular complexity index is 1160. The van der Waals surface area contributed by atoms with Gasteiger partial charge in [0.1, 0.15) is 0 Å². The van der Waals surface area contributed by atoms with Crippen molar-refractivity contribution >= 4 is 29.6 Å². The Morgan fingerprint density at radius 2 is 1.94 bits per heavy atom. The van der Waals surface area contributed by atoms with E-state index in [9.17, 15) is 9.18 Å². The number of hydrogen-bond donors (Lipinski definition) is 2. The van der Waals surface area contributed by atoms with Crippen LogP contribution in [-0.2, 0) is 4.74 Å². The van der Waals surface area contributed by atoms with Crippen LogP contribution in [0.15, 0.2) is 47.8 Å². The third-order valence-corrected chi connectivity index (χ3v) is 5.16. The number of carbonyl (C=O) groups is 1. The van der Waals surface area contributed by atoms with E-state index in [0.29, 0.717) is 37.6 Å². The number of halogens is 1. The summed E-state index contributed by atoms with van der Waals surface area (Å²) in [6.45, 7) is 6.03. The van der Waals surface area contributed by atoms with Gasteiger partial charge in [-0.15, -0.1) is 0 Å². The maximum absolute atomic E-state index is 14.1. The van der Waals surface area contributed by atoms with Crippen LogP contribution in [-0.4, -0.2) is 53.4 Å². The monoisotopic (exact) mass is 449 g/mol. The number of carbonyl (C=O) groups excluding carboxylic acids is 1. The highest BCUT2D eigenvalue weighted by molar-refractivity contribution is 6.05. The van der Waals surface area contributed by atoms with Crippen molar-refractivity contribution in [2.45, 2.75) is 13.8 Å². The number of anilines is 3. The maximum atomic E-state index is 14.1. The Labute approximate surface area is 190 Å². The molecule has 1 fully saturated rings. The molecule has 0 atom stereocenters. The summed E-state index contributed by atoms with van der Waals surface area (Å²) in [5, 5.41) is 7.03. The van der Waals surface area contributed by atoms with E-state index in [-0.39, 0.29) is 17.7 Å². The number of rotatable bonds is 6. The molecule has 0 bridgehead atoms. The van der Waals surface area contributed by atoms with Gasteiger partial charge in [-0.2, -0.15) is 10.1 Å². The lowest BCUT2D eigenvalue weighted by atomic mass is 10.1. The summed E-state index contributed by atoms with van der Waals surface area (Å²) in [6.07, 6.45) is 4.08. The van der Waals surface area contributed by atoms with Crippen molar-refractivity contribution in [1.82, 2.24) is 15.0 Å². The molecule has 2 aromatic heterocycles. The number of morpholine rings is 1. The number of amides is 1. The molecule has 9 nitrogen and oxygen atoms in total. The molecule has 33 heavy (non-hydrogen) atoms. The molecule has 1 aliphatic heterocycles. The fourth-order valence-electron chi connectivity index (χ4n) is 3.42. The number of ether oxygens (including phenoxy) is 1. The summed E-state index contributed by atoms with van der Waals surface area (Å²) in [6, 6.07) is 9.09. The molecule has 0 unspecified atom stereocenters. The van der Waals surface area contributed by atoms with Crippen LogP contribution in [0.25, 0.3) is 0 Å². The van der Waals surface area contributed by atoms with Crippen LogP contribution in [0.3, 0.4) is 0 Å². The van der Waals surface area contributed by atoms with E-state index in [1.165, 1.54) is 12.4 Å². The molecule has 2 N–H and O–H groups in total.